The lowest BCUT2D eigenvalue weighted by Crippen LogP contribution is -2.04. The Bertz CT molecular complexity index is 1980. The fourth-order valence-corrected chi connectivity index (χ4v) is 6.91. The van der Waals surface area contributed by atoms with Crippen molar-refractivity contribution in [1.29, 1.82) is 0 Å². The van der Waals surface area contributed by atoms with E-state index in [0.29, 0.717) is 10.8 Å². The molecular weight excluding hydrogens is 536 g/mol. The molecule has 0 amide bonds. The quantitative estimate of drug-likeness (QED) is 0.167. The molecule has 2 heteroatoms. The third-order valence-corrected chi connectivity index (χ3v) is 9.39. The standard InChI is InChI=1S/C42H46O2/c1-41(2,3)17-9-7-11-27-13-15-29-21-33-35-25-40-36(26-39(35)43-37(33)23-31(29)19-27)34-22-30-16-14-28(12-8-10-18-42(4,5)6)20-32(30)24-38(34)44-40/h13-16,19-26H,7-12,17-18H2,1-6H3. The van der Waals surface area contributed by atoms with Crippen molar-refractivity contribution in [3.8, 4) is 0 Å². The second kappa shape index (κ2) is 11.0. The van der Waals surface area contributed by atoms with E-state index in [1.807, 2.05) is 0 Å². The predicted octanol–water partition coefficient (Wildman–Crippen LogP) is 13.3. The number of hydrogen-bond donors (Lipinski definition) is 0. The van der Waals surface area contributed by atoms with Gasteiger partial charge in [-0.1, -0.05) is 90.8 Å². The van der Waals surface area contributed by atoms with Gasteiger partial charge in [-0.3, -0.25) is 0 Å². The monoisotopic (exact) mass is 582 g/mol. The van der Waals surface area contributed by atoms with Crippen molar-refractivity contribution in [1.82, 2.24) is 0 Å². The van der Waals surface area contributed by atoms with Gasteiger partial charge in [0.2, 0.25) is 0 Å². The Morgan fingerprint density at radius 1 is 0.409 bits per heavy atom. The highest BCUT2D eigenvalue weighted by atomic mass is 16.3. The zero-order chi connectivity index (χ0) is 30.6. The van der Waals surface area contributed by atoms with Gasteiger partial charge < -0.3 is 8.83 Å². The molecule has 5 aromatic carbocycles. The molecule has 226 valence electrons. The molecule has 0 saturated carbocycles. The van der Waals surface area contributed by atoms with Gasteiger partial charge in [-0.25, -0.2) is 0 Å². The summed E-state index contributed by atoms with van der Waals surface area (Å²) in [6.45, 7) is 14.0. The van der Waals surface area contributed by atoms with E-state index in [-0.39, 0.29) is 0 Å². The molecular formula is C42H46O2. The molecule has 0 saturated heterocycles. The normalized spacial score (nSPS) is 13.0. The van der Waals surface area contributed by atoms with E-state index in [1.165, 1.54) is 71.2 Å². The summed E-state index contributed by atoms with van der Waals surface area (Å²) in [6.07, 6.45) is 9.81. The van der Waals surface area contributed by atoms with Crippen molar-refractivity contribution in [3.05, 3.63) is 83.9 Å². The topological polar surface area (TPSA) is 26.3 Å². The largest absolute Gasteiger partial charge is 0.456 e. The Labute approximate surface area is 261 Å². The first-order valence-corrected chi connectivity index (χ1v) is 16.7. The van der Waals surface area contributed by atoms with Crippen LogP contribution in [0.15, 0.2) is 81.6 Å². The van der Waals surface area contributed by atoms with Crippen LogP contribution in [0, 0.1) is 10.8 Å². The van der Waals surface area contributed by atoms with Gasteiger partial charge in [-0.2, -0.15) is 0 Å². The van der Waals surface area contributed by atoms with Crippen LogP contribution in [0.4, 0.5) is 0 Å². The second-order valence-corrected chi connectivity index (χ2v) is 15.6. The minimum atomic E-state index is 0.410. The van der Waals surface area contributed by atoms with Crippen molar-refractivity contribution in [2.24, 2.45) is 10.8 Å². The number of aryl methyl sites for hydroxylation is 2. The lowest BCUT2D eigenvalue weighted by molar-refractivity contribution is 0.360. The smallest absolute Gasteiger partial charge is 0.136 e. The molecule has 44 heavy (non-hydrogen) atoms. The molecule has 0 atom stereocenters. The number of fused-ring (bicyclic) bond motifs is 8. The average molecular weight is 583 g/mol. The van der Waals surface area contributed by atoms with Gasteiger partial charge in [-0.05, 0) is 118 Å². The lowest BCUT2D eigenvalue weighted by atomic mass is 9.89. The van der Waals surface area contributed by atoms with Gasteiger partial charge >= 0.3 is 0 Å². The van der Waals surface area contributed by atoms with E-state index < -0.39 is 0 Å². The Morgan fingerprint density at radius 2 is 0.795 bits per heavy atom. The number of hydrogen-bond acceptors (Lipinski definition) is 2. The zero-order valence-electron chi connectivity index (χ0n) is 27.4. The molecule has 2 aromatic heterocycles. The lowest BCUT2D eigenvalue weighted by Gasteiger charge is -2.17. The molecule has 0 aliphatic heterocycles. The summed E-state index contributed by atoms with van der Waals surface area (Å²) in [5.41, 5.74) is 7.35. The van der Waals surface area contributed by atoms with Crippen LogP contribution in [0.25, 0.3) is 65.4 Å². The number of furan rings is 2. The molecule has 0 unspecified atom stereocenters. The zero-order valence-corrected chi connectivity index (χ0v) is 27.4. The van der Waals surface area contributed by atoms with Crippen molar-refractivity contribution in [3.63, 3.8) is 0 Å². The molecule has 0 radical (unpaired) electrons. The third kappa shape index (κ3) is 5.96. The first kappa shape index (κ1) is 29.0. The number of rotatable bonds is 8. The minimum absolute atomic E-state index is 0.410. The molecule has 0 spiro atoms. The summed E-state index contributed by atoms with van der Waals surface area (Å²) in [4.78, 5) is 0. The number of unbranched alkanes of at least 4 members (excludes halogenated alkanes) is 2. The van der Waals surface area contributed by atoms with Gasteiger partial charge in [-0.15, -0.1) is 0 Å². The van der Waals surface area contributed by atoms with E-state index in [1.54, 1.807) is 0 Å². The van der Waals surface area contributed by atoms with Crippen molar-refractivity contribution in [2.45, 2.75) is 92.9 Å². The predicted molar refractivity (Wildman–Crippen MR) is 190 cm³/mol. The first-order valence-electron chi connectivity index (χ1n) is 16.7. The molecule has 0 aliphatic rings. The highest BCUT2D eigenvalue weighted by Gasteiger charge is 2.16. The summed E-state index contributed by atoms with van der Waals surface area (Å²) in [5, 5.41) is 9.53. The summed E-state index contributed by atoms with van der Waals surface area (Å²) >= 11 is 0. The second-order valence-electron chi connectivity index (χ2n) is 15.6. The maximum absolute atomic E-state index is 6.49. The Hall–Kier alpha value is -3.78. The van der Waals surface area contributed by atoms with Crippen LogP contribution in [0.5, 0.6) is 0 Å². The van der Waals surface area contributed by atoms with E-state index in [9.17, 15) is 0 Å². The first-order chi connectivity index (χ1) is 21.0. The maximum atomic E-state index is 6.49. The van der Waals surface area contributed by atoms with E-state index in [4.69, 9.17) is 8.83 Å². The van der Waals surface area contributed by atoms with E-state index >= 15 is 0 Å². The third-order valence-electron chi connectivity index (χ3n) is 9.39. The highest BCUT2D eigenvalue weighted by molar-refractivity contribution is 6.18. The van der Waals surface area contributed by atoms with Crippen LogP contribution in [-0.4, -0.2) is 0 Å². The fraction of sp³-hybridized carbons (Fsp3) is 0.381. The van der Waals surface area contributed by atoms with Gasteiger partial charge in [0.25, 0.3) is 0 Å². The summed E-state index contributed by atoms with van der Waals surface area (Å²) in [6, 6.07) is 27.2. The van der Waals surface area contributed by atoms with Gasteiger partial charge in [0.05, 0.1) is 0 Å². The molecule has 7 aromatic rings. The fourth-order valence-electron chi connectivity index (χ4n) is 6.91. The molecule has 2 nitrogen and oxygen atoms in total. The van der Waals surface area contributed by atoms with E-state index in [0.717, 1.165) is 56.7 Å². The van der Waals surface area contributed by atoms with Crippen molar-refractivity contribution in [2.75, 3.05) is 0 Å². The number of benzene rings is 5. The summed E-state index contributed by atoms with van der Waals surface area (Å²) in [5.74, 6) is 0. The van der Waals surface area contributed by atoms with Crippen LogP contribution >= 0.6 is 0 Å². The minimum Gasteiger partial charge on any atom is -0.456 e. The van der Waals surface area contributed by atoms with E-state index in [2.05, 4.69) is 114 Å². The van der Waals surface area contributed by atoms with Crippen LogP contribution in [0.3, 0.4) is 0 Å². The SMILES string of the molecule is CC(C)(C)CCCCc1ccc2cc3c(cc2c1)oc1cc2c(cc13)oc1cc3cc(CCCCC(C)(C)C)ccc3cc12. The molecule has 7 rings (SSSR count). The molecule has 0 bridgehead atoms. The summed E-state index contributed by atoms with van der Waals surface area (Å²) < 4.78 is 13.0. The van der Waals surface area contributed by atoms with Gasteiger partial charge in [0.15, 0.2) is 0 Å². The van der Waals surface area contributed by atoms with Crippen LogP contribution in [-0.2, 0) is 12.8 Å². The average Bonchev–Trinajstić information content (AvgIpc) is 3.48. The molecule has 2 heterocycles. The Balaban J connectivity index is 1.18. The highest BCUT2D eigenvalue weighted by Crippen LogP contribution is 2.39. The van der Waals surface area contributed by atoms with Crippen LogP contribution in [0.2, 0.25) is 0 Å². The molecule has 0 N–H and O–H groups in total. The summed E-state index contributed by atoms with van der Waals surface area (Å²) in [7, 11) is 0. The van der Waals surface area contributed by atoms with Crippen LogP contribution < -0.4 is 0 Å². The maximum Gasteiger partial charge on any atom is 0.136 e. The van der Waals surface area contributed by atoms with Crippen LogP contribution in [0.1, 0.15) is 91.2 Å². The van der Waals surface area contributed by atoms with Crippen molar-refractivity contribution < 1.29 is 8.83 Å². The Morgan fingerprint density at radius 3 is 1.20 bits per heavy atom. The molecule has 0 aliphatic carbocycles. The van der Waals surface area contributed by atoms with Crippen molar-refractivity contribution >= 4 is 65.4 Å². The van der Waals surface area contributed by atoms with Gasteiger partial charge in [0.1, 0.15) is 22.3 Å². The Kier molecular flexibility index (Phi) is 7.23. The van der Waals surface area contributed by atoms with Gasteiger partial charge in [0, 0.05) is 21.5 Å². The molecule has 0 fully saturated rings.